The van der Waals surface area contributed by atoms with E-state index in [2.05, 4.69) is 15.6 Å². The van der Waals surface area contributed by atoms with Crippen molar-refractivity contribution in [3.63, 3.8) is 0 Å². The summed E-state index contributed by atoms with van der Waals surface area (Å²) in [5.74, 6) is -4.04. The van der Waals surface area contributed by atoms with E-state index < -0.39 is 41.2 Å². The average molecular weight is 399 g/mol. The fourth-order valence-electron chi connectivity index (χ4n) is 2.76. The number of aromatic nitrogens is 1. The number of aliphatic hydroxyl groups excluding tert-OH is 1. The zero-order valence-corrected chi connectivity index (χ0v) is 15.1. The van der Waals surface area contributed by atoms with Gasteiger partial charge in [-0.1, -0.05) is 18.2 Å². The molecule has 1 aliphatic rings. The van der Waals surface area contributed by atoms with Crippen LogP contribution >= 0.6 is 0 Å². The van der Waals surface area contributed by atoms with Crippen molar-refractivity contribution in [2.45, 2.75) is 19.3 Å². The lowest BCUT2D eigenvalue weighted by Crippen LogP contribution is -2.61. The first-order valence-electron chi connectivity index (χ1n) is 8.59. The molecule has 0 saturated heterocycles. The number of nitrogens with two attached hydrogens (primary N) is 1. The number of halogens is 1. The van der Waals surface area contributed by atoms with Crippen LogP contribution in [0.5, 0.6) is 0 Å². The predicted octanol–water partition coefficient (Wildman–Crippen LogP) is 0.0499. The summed E-state index contributed by atoms with van der Waals surface area (Å²) < 4.78 is 13.1. The lowest BCUT2D eigenvalue weighted by Gasteiger charge is -2.35. The number of hydrogen-bond donors (Lipinski definition) is 4. The molecule has 1 aromatic carbocycles. The number of benzene rings is 1. The molecular formula is C19H18FN5O4. The first kappa shape index (κ1) is 19.8. The third-order valence-corrected chi connectivity index (χ3v) is 4.22. The Bertz CT molecular complexity index is 962. The molecule has 0 fully saturated rings. The van der Waals surface area contributed by atoms with Crippen LogP contribution < -0.4 is 16.4 Å². The minimum absolute atomic E-state index is 0.0814. The molecule has 29 heavy (non-hydrogen) atoms. The van der Waals surface area contributed by atoms with Gasteiger partial charge in [-0.25, -0.2) is 4.39 Å². The highest BCUT2D eigenvalue weighted by Crippen LogP contribution is 2.18. The van der Waals surface area contributed by atoms with E-state index in [9.17, 15) is 23.9 Å². The van der Waals surface area contributed by atoms with Crippen LogP contribution in [-0.2, 0) is 27.5 Å². The Balaban J connectivity index is 1.84. The number of rotatable bonds is 6. The van der Waals surface area contributed by atoms with E-state index in [1.54, 1.807) is 24.4 Å². The van der Waals surface area contributed by atoms with Gasteiger partial charge in [0.1, 0.15) is 11.5 Å². The van der Waals surface area contributed by atoms with Crippen molar-refractivity contribution in [3.8, 4) is 0 Å². The Labute approximate surface area is 165 Å². The fraction of sp³-hybridized carbons (Fsp3) is 0.158. The zero-order chi connectivity index (χ0) is 21.0. The Kier molecular flexibility index (Phi) is 5.72. The van der Waals surface area contributed by atoms with E-state index in [1.165, 1.54) is 24.3 Å². The first-order valence-corrected chi connectivity index (χ1v) is 8.59. The van der Waals surface area contributed by atoms with Crippen molar-refractivity contribution in [1.82, 2.24) is 20.5 Å². The van der Waals surface area contributed by atoms with E-state index in [1.807, 2.05) is 0 Å². The maximum absolute atomic E-state index is 13.1. The van der Waals surface area contributed by atoms with Crippen LogP contribution in [0.3, 0.4) is 0 Å². The van der Waals surface area contributed by atoms with Gasteiger partial charge in [0.15, 0.2) is 6.17 Å². The topological polar surface area (TPSA) is 138 Å². The maximum atomic E-state index is 13.1. The van der Waals surface area contributed by atoms with Crippen LogP contribution in [0, 0.1) is 5.82 Å². The number of nitrogens with one attached hydrogen (secondary N) is 2. The zero-order valence-electron chi connectivity index (χ0n) is 15.1. The number of aliphatic hydroxyl groups is 1. The largest absolute Gasteiger partial charge is 0.501 e. The Morgan fingerprint density at radius 3 is 2.59 bits per heavy atom. The minimum Gasteiger partial charge on any atom is -0.501 e. The molecule has 1 unspecified atom stereocenters. The minimum atomic E-state index is -1.32. The molecule has 0 radical (unpaired) electrons. The second-order valence-electron chi connectivity index (χ2n) is 6.23. The summed E-state index contributed by atoms with van der Waals surface area (Å²) in [4.78, 5) is 42.0. The normalized spacial score (nSPS) is 16.4. The number of carbonyl (C=O) groups excluding carboxylic acids is 3. The number of amides is 3. The van der Waals surface area contributed by atoms with Gasteiger partial charge in [-0.15, -0.1) is 0 Å². The molecule has 9 nitrogen and oxygen atoms in total. The van der Waals surface area contributed by atoms with Gasteiger partial charge in [0.05, 0.1) is 12.2 Å². The van der Waals surface area contributed by atoms with Crippen LogP contribution in [0.15, 0.2) is 60.1 Å². The monoisotopic (exact) mass is 399 g/mol. The smallest absolute Gasteiger partial charge is 0.293 e. The second kappa shape index (κ2) is 8.38. The summed E-state index contributed by atoms with van der Waals surface area (Å²) >= 11 is 0. The predicted molar refractivity (Wildman–Crippen MR) is 98.8 cm³/mol. The van der Waals surface area contributed by atoms with Gasteiger partial charge in [-0.05, 0) is 29.8 Å². The summed E-state index contributed by atoms with van der Waals surface area (Å²) in [6.45, 7) is -0.0398. The molecule has 5 N–H and O–H groups in total. The summed E-state index contributed by atoms with van der Waals surface area (Å²) in [5, 5.41) is 15.2. The quantitative estimate of drug-likeness (QED) is 0.542. The van der Waals surface area contributed by atoms with Crippen LogP contribution in [0.4, 0.5) is 4.39 Å². The molecule has 1 aromatic heterocycles. The SMILES string of the molecule is NC(=O)C1=C(O)C(=O)N(Cc2ccc(F)cc2)C(C(=O)NCc2ccccn2)N1. The number of carbonyl (C=O) groups is 3. The number of pyridine rings is 1. The summed E-state index contributed by atoms with van der Waals surface area (Å²) in [5.41, 5.74) is 5.73. The molecule has 2 aromatic rings. The molecule has 150 valence electrons. The van der Waals surface area contributed by atoms with E-state index >= 15 is 0 Å². The highest BCUT2D eigenvalue weighted by molar-refractivity contribution is 6.05. The van der Waals surface area contributed by atoms with Gasteiger partial charge >= 0.3 is 0 Å². The van der Waals surface area contributed by atoms with Crippen molar-refractivity contribution < 1.29 is 23.9 Å². The van der Waals surface area contributed by atoms with E-state index in [0.717, 1.165) is 4.90 Å². The summed E-state index contributed by atoms with van der Waals surface area (Å²) in [6.07, 6.45) is 0.242. The number of primary amides is 1. The van der Waals surface area contributed by atoms with Gasteiger partial charge in [0, 0.05) is 12.7 Å². The molecule has 0 saturated carbocycles. The van der Waals surface area contributed by atoms with E-state index in [-0.39, 0.29) is 13.1 Å². The Morgan fingerprint density at radius 2 is 1.97 bits per heavy atom. The van der Waals surface area contributed by atoms with Gasteiger partial charge < -0.3 is 26.4 Å². The fourth-order valence-corrected chi connectivity index (χ4v) is 2.76. The van der Waals surface area contributed by atoms with E-state index in [4.69, 9.17) is 5.73 Å². The third kappa shape index (κ3) is 4.49. The molecule has 1 aliphatic heterocycles. The summed E-state index contributed by atoms with van der Waals surface area (Å²) in [7, 11) is 0. The molecule has 3 rings (SSSR count). The molecule has 1 atom stereocenters. The highest BCUT2D eigenvalue weighted by Gasteiger charge is 2.39. The highest BCUT2D eigenvalue weighted by atomic mass is 19.1. The summed E-state index contributed by atoms with van der Waals surface area (Å²) in [6, 6.07) is 10.5. The second-order valence-corrected chi connectivity index (χ2v) is 6.23. The number of hydrogen-bond acceptors (Lipinski definition) is 6. The Morgan fingerprint density at radius 1 is 1.24 bits per heavy atom. The first-order chi connectivity index (χ1) is 13.9. The van der Waals surface area contributed by atoms with Gasteiger partial charge in [-0.2, -0.15) is 0 Å². The molecule has 2 heterocycles. The van der Waals surface area contributed by atoms with Crippen LogP contribution in [-0.4, -0.2) is 38.9 Å². The van der Waals surface area contributed by atoms with Crippen molar-refractivity contribution in [3.05, 3.63) is 77.2 Å². The van der Waals surface area contributed by atoms with Crippen LogP contribution in [0.25, 0.3) is 0 Å². The third-order valence-electron chi connectivity index (χ3n) is 4.22. The Hall–Kier alpha value is -3.95. The van der Waals surface area contributed by atoms with Gasteiger partial charge in [0.2, 0.25) is 5.76 Å². The maximum Gasteiger partial charge on any atom is 0.293 e. The van der Waals surface area contributed by atoms with Crippen molar-refractivity contribution in [2.75, 3.05) is 0 Å². The van der Waals surface area contributed by atoms with Gasteiger partial charge in [-0.3, -0.25) is 19.4 Å². The lowest BCUT2D eigenvalue weighted by atomic mass is 10.1. The van der Waals surface area contributed by atoms with Crippen LogP contribution in [0.1, 0.15) is 11.3 Å². The number of nitrogens with zero attached hydrogens (tertiary/aromatic N) is 2. The molecular weight excluding hydrogens is 381 g/mol. The van der Waals surface area contributed by atoms with Crippen molar-refractivity contribution in [1.29, 1.82) is 0 Å². The van der Waals surface area contributed by atoms with Crippen molar-refractivity contribution >= 4 is 17.7 Å². The van der Waals surface area contributed by atoms with Crippen molar-refractivity contribution in [2.24, 2.45) is 5.73 Å². The van der Waals surface area contributed by atoms with Gasteiger partial charge in [0.25, 0.3) is 17.7 Å². The molecule has 0 aliphatic carbocycles. The van der Waals surface area contributed by atoms with Crippen LogP contribution in [0.2, 0.25) is 0 Å². The molecule has 3 amide bonds. The lowest BCUT2D eigenvalue weighted by molar-refractivity contribution is -0.143. The molecule has 0 spiro atoms. The standard InChI is InChI=1S/C19H18FN5O4/c20-12-6-4-11(5-7-12)10-25-17(24-14(16(21)27)15(26)19(25)29)18(28)23-9-13-3-1-2-8-22-13/h1-8,17,24,26H,9-10H2,(H2,21,27)(H,23,28). The van der Waals surface area contributed by atoms with E-state index in [0.29, 0.717) is 11.3 Å². The molecule has 0 bridgehead atoms. The molecule has 10 heteroatoms. The average Bonchev–Trinajstić information content (AvgIpc) is 2.72.